The van der Waals surface area contributed by atoms with Crippen LogP contribution in [0.15, 0.2) is 18.2 Å². The highest BCUT2D eigenvalue weighted by Gasteiger charge is 2.28. The standard InChI is InChI=1S/C16H21ClFN3O2/c17-13-2-1-3-14(15(13)18)19-16(22)21-5-4-12(11-21)10-20-6-8-23-9-7-20/h1-3,12H,4-11H2,(H,19,22)/t12-/m0/s1. The van der Waals surface area contributed by atoms with Crippen molar-refractivity contribution >= 4 is 23.3 Å². The van der Waals surface area contributed by atoms with Crippen LogP contribution in [0, 0.1) is 11.7 Å². The highest BCUT2D eigenvalue weighted by Crippen LogP contribution is 2.24. The number of halogens is 2. The van der Waals surface area contributed by atoms with Crippen LogP contribution in [0.2, 0.25) is 5.02 Å². The van der Waals surface area contributed by atoms with Crippen LogP contribution in [0.5, 0.6) is 0 Å². The Kier molecular flexibility index (Phi) is 5.35. The van der Waals surface area contributed by atoms with Gasteiger partial charge in [-0.15, -0.1) is 0 Å². The number of carbonyl (C=O) groups excluding carboxylic acids is 1. The Morgan fingerprint density at radius 3 is 2.91 bits per heavy atom. The van der Waals surface area contributed by atoms with E-state index in [1.54, 1.807) is 11.0 Å². The van der Waals surface area contributed by atoms with Crippen molar-refractivity contribution in [2.45, 2.75) is 6.42 Å². The second-order valence-electron chi connectivity index (χ2n) is 6.05. The molecule has 3 rings (SSSR count). The number of nitrogens with zero attached hydrogens (tertiary/aromatic N) is 2. The first-order valence-corrected chi connectivity index (χ1v) is 8.31. The Bertz CT molecular complexity index is 566. The summed E-state index contributed by atoms with van der Waals surface area (Å²) in [6, 6.07) is 4.32. The number of amides is 2. The van der Waals surface area contributed by atoms with Gasteiger partial charge in [0, 0.05) is 32.7 Å². The lowest BCUT2D eigenvalue weighted by atomic mass is 10.1. The van der Waals surface area contributed by atoms with E-state index in [1.165, 1.54) is 12.1 Å². The van der Waals surface area contributed by atoms with E-state index in [0.717, 1.165) is 39.3 Å². The summed E-state index contributed by atoms with van der Waals surface area (Å²) in [6.45, 7) is 5.86. The Balaban J connectivity index is 1.52. The number of rotatable bonds is 3. The molecule has 126 valence electrons. The lowest BCUT2D eigenvalue weighted by Crippen LogP contribution is -2.40. The number of ether oxygens (including phenoxy) is 1. The molecule has 0 saturated carbocycles. The average Bonchev–Trinajstić information content (AvgIpc) is 3.01. The van der Waals surface area contributed by atoms with Crippen LogP contribution in [0.4, 0.5) is 14.9 Å². The summed E-state index contributed by atoms with van der Waals surface area (Å²) in [5.74, 6) is -0.130. The van der Waals surface area contributed by atoms with Crippen molar-refractivity contribution in [3.05, 3.63) is 29.0 Å². The van der Waals surface area contributed by atoms with E-state index in [2.05, 4.69) is 10.2 Å². The number of urea groups is 1. The maximum absolute atomic E-state index is 13.9. The molecule has 0 spiro atoms. The fourth-order valence-corrected chi connectivity index (χ4v) is 3.28. The molecule has 7 heteroatoms. The number of benzene rings is 1. The monoisotopic (exact) mass is 341 g/mol. The minimum atomic E-state index is -0.591. The molecule has 1 aromatic carbocycles. The lowest BCUT2D eigenvalue weighted by molar-refractivity contribution is 0.0314. The maximum Gasteiger partial charge on any atom is 0.321 e. The van der Waals surface area contributed by atoms with Gasteiger partial charge < -0.3 is 15.0 Å². The molecule has 0 aliphatic carbocycles. The number of morpholine rings is 1. The van der Waals surface area contributed by atoms with Gasteiger partial charge in [0.25, 0.3) is 0 Å². The van der Waals surface area contributed by atoms with Gasteiger partial charge in [-0.25, -0.2) is 9.18 Å². The van der Waals surface area contributed by atoms with E-state index in [-0.39, 0.29) is 16.7 Å². The van der Waals surface area contributed by atoms with Crippen molar-refractivity contribution in [2.24, 2.45) is 5.92 Å². The topological polar surface area (TPSA) is 44.8 Å². The van der Waals surface area contributed by atoms with Crippen LogP contribution in [0.25, 0.3) is 0 Å². The summed E-state index contributed by atoms with van der Waals surface area (Å²) < 4.78 is 19.2. The van der Waals surface area contributed by atoms with Gasteiger partial charge in [-0.05, 0) is 24.5 Å². The first-order chi connectivity index (χ1) is 11.1. The molecule has 0 aromatic heterocycles. The summed E-state index contributed by atoms with van der Waals surface area (Å²) in [5.41, 5.74) is 0.124. The smallest absolute Gasteiger partial charge is 0.321 e. The third-order valence-corrected chi connectivity index (χ3v) is 4.68. The van der Waals surface area contributed by atoms with E-state index in [1.807, 2.05) is 0 Å². The second kappa shape index (κ2) is 7.47. The normalized spacial score (nSPS) is 22.3. The van der Waals surface area contributed by atoms with Crippen molar-refractivity contribution in [3.63, 3.8) is 0 Å². The van der Waals surface area contributed by atoms with Gasteiger partial charge in [0.1, 0.15) is 0 Å². The highest BCUT2D eigenvalue weighted by atomic mass is 35.5. The molecule has 1 N–H and O–H groups in total. The molecule has 0 bridgehead atoms. The SMILES string of the molecule is O=C(Nc1cccc(Cl)c1F)N1CC[C@@H](CN2CCOCC2)C1. The van der Waals surface area contributed by atoms with Gasteiger partial charge >= 0.3 is 6.03 Å². The van der Waals surface area contributed by atoms with Crippen LogP contribution in [0.1, 0.15) is 6.42 Å². The second-order valence-corrected chi connectivity index (χ2v) is 6.45. The summed E-state index contributed by atoms with van der Waals surface area (Å²) in [6.07, 6.45) is 0.975. The minimum Gasteiger partial charge on any atom is -0.379 e. The number of nitrogens with one attached hydrogen (secondary N) is 1. The molecule has 1 aromatic rings. The molecule has 2 heterocycles. The van der Waals surface area contributed by atoms with Gasteiger partial charge in [-0.1, -0.05) is 17.7 Å². The number of likely N-dealkylation sites (tertiary alicyclic amines) is 1. The van der Waals surface area contributed by atoms with Gasteiger partial charge in [0.2, 0.25) is 0 Å². The van der Waals surface area contributed by atoms with Gasteiger partial charge in [-0.3, -0.25) is 4.90 Å². The zero-order valence-corrected chi connectivity index (χ0v) is 13.7. The van der Waals surface area contributed by atoms with E-state index >= 15 is 0 Å². The quantitative estimate of drug-likeness (QED) is 0.919. The van der Waals surface area contributed by atoms with Crippen molar-refractivity contribution in [3.8, 4) is 0 Å². The predicted molar refractivity (Wildman–Crippen MR) is 87.4 cm³/mol. The Labute approximate surface area is 140 Å². The molecule has 23 heavy (non-hydrogen) atoms. The van der Waals surface area contributed by atoms with Crippen LogP contribution in [-0.4, -0.2) is 61.8 Å². The minimum absolute atomic E-state index is 0.00872. The molecule has 0 radical (unpaired) electrons. The third-order valence-electron chi connectivity index (χ3n) is 4.39. The van der Waals surface area contributed by atoms with Crippen LogP contribution < -0.4 is 5.32 Å². The maximum atomic E-state index is 13.9. The molecule has 5 nitrogen and oxygen atoms in total. The fraction of sp³-hybridized carbons (Fsp3) is 0.562. The Morgan fingerprint density at radius 2 is 2.13 bits per heavy atom. The van der Waals surface area contributed by atoms with Gasteiger partial charge in [-0.2, -0.15) is 0 Å². The first kappa shape index (κ1) is 16.5. The van der Waals surface area contributed by atoms with E-state index in [4.69, 9.17) is 16.3 Å². The van der Waals surface area contributed by atoms with E-state index < -0.39 is 5.82 Å². The summed E-state index contributed by atoms with van der Waals surface area (Å²) in [4.78, 5) is 16.4. The molecule has 2 aliphatic rings. The van der Waals surface area contributed by atoms with Crippen molar-refractivity contribution in [1.29, 1.82) is 0 Å². The van der Waals surface area contributed by atoms with Gasteiger partial charge in [0.05, 0.1) is 23.9 Å². The predicted octanol–water partition coefficient (Wildman–Crippen LogP) is 2.67. The molecule has 1 atom stereocenters. The third kappa shape index (κ3) is 4.13. The first-order valence-electron chi connectivity index (χ1n) is 7.93. The van der Waals surface area contributed by atoms with E-state index in [0.29, 0.717) is 19.0 Å². The summed E-state index contributed by atoms with van der Waals surface area (Å²) >= 11 is 5.73. The largest absolute Gasteiger partial charge is 0.379 e. The molecule has 0 unspecified atom stereocenters. The average molecular weight is 342 g/mol. The van der Waals surface area contributed by atoms with Crippen LogP contribution in [-0.2, 0) is 4.74 Å². The zero-order valence-electron chi connectivity index (χ0n) is 12.9. The van der Waals surface area contributed by atoms with Crippen molar-refractivity contribution in [2.75, 3.05) is 51.3 Å². The lowest BCUT2D eigenvalue weighted by Gasteiger charge is -2.29. The van der Waals surface area contributed by atoms with Crippen LogP contribution >= 0.6 is 11.6 Å². The van der Waals surface area contributed by atoms with E-state index in [9.17, 15) is 9.18 Å². The highest BCUT2D eigenvalue weighted by molar-refractivity contribution is 6.31. The molecule has 2 saturated heterocycles. The number of anilines is 1. The van der Waals surface area contributed by atoms with Gasteiger partial charge in [0.15, 0.2) is 5.82 Å². The molecule has 2 amide bonds. The summed E-state index contributed by atoms with van der Waals surface area (Å²) in [7, 11) is 0. The number of carbonyl (C=O) groups is 1. The molecule has 2 aliphatic heterocycles. The summed E-state index contributed by atoms with van der Waals surface area (Å²) in [5, 5.41) is 2.62. The number of hydrogen-bond donors (Lipinski definition) is 1. The Morgan fingerprint density at radius 1 is 1.35 bits per heavy atom. The van der Waals surface area contributed by atoms with Crippen molar-refractivity contribution in [1.82, 2.24) is 9.80 Å². The number of hydrogen-bond acceptors (Lipinski definition) is 3. The molecule has 2 fully saturated rings. The molecular weight excluding hydrogens is 321 g/mol. The Hall–Kier alpha value is -1.37. The van der Waals surface area contributed by atoms with Crippen molar-refractivity contribution < 1.29 is 13.9 Å². The van der Waals surface area contributed by atoms with Crippen LogP contribution in [0.3, 0.4) is 0 Å². The fourth-order valence-electron chi connectivity index (χ4n) is 3.11. The molecular formula is C16H21ClFN3O2. The zero-order chi connectivity index (χ0) is 16.2.